The second-order valence-electron chi connectivity index (χ2n) is 2.45. The van der Waals surface area contributed by atoms with Gasteiger partial charge in [0, 0.05) is 11.9 Å². The van der Waals surface area contributed by atoms with Crippen molar-refractivity contribution in [3.63, 3.8) is 0 Å². The fourth-order valence-corrected chi connectivity index (χ4v) is 1.13. The van der Waals surface area contributed by atoms with Crippen molar-refractivity contribution >= 4 is 0 Å². The molecule has 0 spiro atoms. The van der Waals surface area contributed by atoms with Crippen LogP contribution in [0.4, 0.5) is 4.70 Å². The van der Waals surface area contributed by atoms with Gasteiger partial charge >= 0.3 is 0 Å². The van der Waals surface area contributed by atoms with Crippen LogP contribution in [0, 0.1) is 0 Å². The molecule has 2 aromatic rings. The van der Waals surface area contributed by atoms with Crippen molar-refractivity contribution in [2.45, 2.75) is 0 Å². The first-order valence-electron chi connectivity index (χ1n) is 3.65. The van der Waals surface area contributed by atoms with Crippen LogP contribution in [0.5, 0.6) is 0 Å². The number of hydrogen-bond donors (Lipinski definition) is 1. The molecule has 12 heavy (non-hydrogen) atoms. The fraction of sp³-hybridized carbons (Fsp3) is 0. The van der Waals surface area contributed by atoms with Crippen LogP contribution in [0.2, 0.25) is 0 Å². The Hall–Kier alpha value is -1.57. The predicted molar refractivity (Wildman–Crippen MR) is 48.7 cm³/mol. The lowest BCUT2D eigenvalue weighted by atomic mass is 10.2. The van der Waals surface area contributed by atoms with Gasteiger partial charge in [0.2, 0.25) is 0 Å². The topological polar surface area (TPSA) is 15.8 Å². The van der Waals surface area contributed by atoms with E-state index in [1.807, 2.05) is 30.5 Å². The summed E-state index contributed by atoms with van der Waals surface area (Å²) in [5.41, 5.74) is 2.41. The molecule has 0 unspecified atom stereocenters. The van der Waals surface area contributed by atoms with E-state index in [1.165, 1.54) is 11.3 Å². The van der Waals surface area contributed by atoms with Gasteiger partial charge in [-0.25, -0.2) is 0 Å². The maximum atomic E-state index is 3.15. The van der Waals surface area contributed by atoms with E-state index >= 15 is 0 Å². The number of H-pyrrole nitrogens is 1. The molecule has 0 saturated carbocycles. The molecule has 1 aromatic heterocycles. The third-order valence-electron chi connectivity index (χ3n) is 1.68. The first-order valence-corrected chi connectivity index (χ1v) is 3.65. The normalized spacial score (nSPS) is 9.00. The number of hydrogen-bond acceptors (Lipinski definition) is 0. The summed E-state index contributed by atoms with van der Waals surface area (Å²) >= 11 is 0. The molecule has 0 radical (unpaired) electrons. The third kappa shape index (κ3) is 1.53. The summed E-state index contributed by atoms with van der Waals surface area (Å²) in [6.45, 7) is 0. The Kier molecular flexibility index (Phi) is 2.64. The summed E-state index contributed by atoms with van der Waals surface area (Å²) < 4.78 is 0. The minimum atomic E-state index is 0. The van der Waals surface area contributed by atoms with Gasteiger partial charge in [-0.1, -0.05) is 30.3 Å². The average Bonchev–Trinajstić information content (AvgIpc) is 2.58. The Balaban J connectivity index is 0.000000720. The van der Waals surface area contributed by atoms with Crippen LogP contribution >= 0.6 is 0 Å². The number of benzene rings is 1. The van der Waals surface area contributed by atoms with Crippen LogP contribution in [-0.2, 0) is 0 Å². The monoisotopic (exact) mass is 163 g/mol. The van der Waals surface area contributed by atoms with E-state index < -0.39 is 0 Å². The van der Waals surface area contributed by atoms with Crippen molar-refractivity contribution in [2.75, 3.05) is 0 Å². The molecule has 62 valence electrons. The molecule has 1 N–H and O–H groups in total. The molecule has 1 aromatic carbocycles. The highest BCUT2D eigenvalue weighted by Crippen LogP contribution is 2.14. The van der Waals surface area contributed by atoms with Crippen molar-refractivity contribution in [1.29, 1.82) is 0 Å². The maximum absolute atomic E-state index is 3.15. The molecule has 0 fully saturated rings. The quantitative estimate of drug-likeness (QED) is 0.665. The van der Waals surface area contributed by atoms with Crippen LogP contribution in [0.15, 0.2) is 48.7 Å². The minimum absolute atomic E-state index is 0. The summed E-state index contributed by atoms with van der Waals surface area (Å²) in [6, 6.07) is 14.3. The van der Waals surface area contributed by atoms with Gasteiger partial charge in [-0.15, -0.1) is 0 Å². The lowest BCUT2D eigenvalue weighted by Gasteiger charge is -1.94. The van der Waals surface area contributed by atoms with Gasteiger partial charge in [0.15, 0.2) is 0 Å². The van der Waals surface area contributed by atoms with Gasteiger partial charge in [0.05, 0.1) is 0 Å². The zero-order valence-corrected chi connectivity index (χ0v) is 6.53. The molecule has 2 heteroatoms. The van der Waals surface area contributed by atoms with Crippen LogP contribution < -0.4 is 0 Å². The van der Waals surface area contributed by atoms with E-state index in [2.05, 4.69) is 23.2 Å². The minimum Gasteiger partial charge on any atom is -0.361 e. The SMILES string of the molecule is F.c1ccc(-c2ccc[nH]2)cc1. The van der Waals surface area contributed by atoms with Crippen LogP contribution in [0.1, 0.15) is 0 Å². The van der Waals surface area contributed by atoms with Gasteiger partial charge in [-0.05, 0) is 17.7 Å². The van der Waals surface area contributed by atoms with E-state index in [0.29, 0.717) is 0 Å². The Morgan fingerprint density at radius 3 is 2.17 bits per heavy atom. The number of halogens is 1. The molecule has 0 amide bonds. The summed E-state index contributed by atoms with van der Waals surface area (Å²) in [4.78, 5) is 3.15. The highest BCUT2D eigenvalue weighted by Gasteiger charge is 1.92. The van der Waals surface area contributed by atoms with Crippen molar-refractivity contribution in [3.05, 3.63) is 48.7 Å². The standard InChI is InChI=1S/C10H9N.FH/c1-2-5-9(6-3-1)10-7-4-8-11-10;/h1-8,11H;1H. The Bertz CT molecular complexity index is 313. The largest absolute Gasteiger partial charge is 0.361 e. The molecule has 2 rings (SSSR count). The zero-order valence-electron chi connectivity index (χ0n) is 6.53. The van der Waals surface area contributed by atoms with Crippen LogP contribution in [0.3, 0.4) is 0 Å². The number of aromatic nitrogens is 1. The lowest BCUT2D eigenvalue weighted by Crippen LogP contribution is -1.73. The predicted octanol–water partition coefficient (Wildman–Crippen LogP) is 2.83. The summed E-state index contributed by atoms with van der Waals surface area (Å²) in [7, 11) is 0. The van der Waals surface area contributed by atoms with Crippen LogP contribution in [-0.4, -0.2) is 4.98 Å². The smallest absolute Gasteiger partial charge is 0.0453 e. The second-order valence-corrected chi connectivity index (χ2v) is 2.45. The first kappa shape index (κ1) is 8.53. The first-order chi connectivity index (χ1) is 5.47. The van der Waals surface area contributed by atoms with E-state index in [-0.39, 0.29) is 4.70 Å². The molecule has 0 bridgehead atoms. The molecule has 0 saturated heterocycles. The maximum Gasteiger partial charge on any atom is 0.0453 e. The van der Waals surface area contributed by atoms with Gasteiger partial charge in [-0.3, -0.25) is 4.70 Å². The fourth-order valence-electron chi connectivity index (χ4n) is 1.13. The molecule has 0 atom stereocenters. The lowest BCUT2D eigenvalue weighted by molar-refractivity contribution is 1.11. The van der Waals surface area contributed by atoms with Gasteiger partial charge in [0.25, 0.3) is 0 Å². The molecular weight excluding hydrogens is 153 g/mol. The van der Waals surface area contributed by atoms with Crippen molar-refractivity contribution in [1.82, 2.24) is 4.98 Å². The number of nitrogens with one attached hydrogen (secondary N) is 1. The van der Waals surface area contributed by atoms with E-state index in [0.717, 1.165) is 0 Å². The van der Waals surface area contributed by atoms with E-state index in [4.69, 9.17) is 0 Å². The second kappa shape index (κ2) is 3.72. The van der Waals surface area contributed by atoms with Gasteiger partial charge < -0.3 is 4.98 Å². The van der Waals surface area contributed by atoms with E-state index in [1.54, 1.807) is 0 Å². The highest BCUT2D eigenvalue weighted by molar-refractivity contribution is 5.58. The summed E-state index contributed by atoms with van der Waals surface area (Å²) in [6.07, 6.45) is 1.93. The van der Waals surface area contributed by atoms with Gasteiger partial charge in [0.1, 0.15) is 0 Å². The molecular formula is C10H10FN. The van der Waals surface area contributed by atoms with Crippen molar-refractivity contribution < 1.29 is 4.70 Å². The Morgan fingerprint density at radius 1 is 0.833 bits per heavy atom. The van der Waals surface area contributed by atoms with Crippen molar-refractivity contribution in [3.8, 4) is 11.3 Å². The molecule has 0 aliphatic carbocycles. The summed E-state index contributed by atoms with van der Waals surface area (Å²) in [5, 5.41) is 0. The Morgan fingerprint density at radius 2 is 1.58 bits per heavy atom. The van der Waals surface area contributed by atoms with Crippen LogP contribution in [0.25, 0.3) is 11.3 Å². The number of aromatic amines is 1. The highest BCUT2D eigenvalue weighted by atomic mass is 19.0. The van der Waals surface area contributed by atoms with E-state index in [9.17, 15) is 0 Å². The summed E-state index contributed by atoms with van der Waals surface area (Å²) in [5.74, 6) is 0. The van der Waals surface area contributed by atoms with Gasteiger partial charge in [-0.2, -0.15) is 0 Å². The molecule has 1 nitrogen and oxygen atoms in total. The molecule has 0 aliphatic heterocycles. The zero-order chi connectivity index (χ0) is 7.52. The molecule has 1 heterocycles. The Labute approximate surface area is 70.4 Å². The number of rotatable bonds is 1. The average molecular weight is 163 g/mol. The third-order valence-corrected chi connectivity index (χ3v) is 1.68. The van der Waals surface area contributed by atoms with Crippen molar-refractivity contribution in [2.24, 2.45) is 0 Å². The molecule has 0 aliphatic rings.